The summed E-state index contributed by atoms with van der Waals surface area (Å²) < 4.78 is 1.04. The smallest absolute Gasteiger partial charge is 0.251 e. The molecule has 4 rings (SSSR count). The highest BCUT2D eigenvalue weighted by atomic mass is 32.1. The van der Waals surface area contributed by atoms with E-state index in [0.717, 1.165) is 34.8 Å². The van der Waals surface area contributed by atoms with Crippen LogP contribution in [0.2, 0.25) is 0 Å². The minimum absolute atomic E-state index is 0.0288. The van der Waals surface area contributed by atoms with Gasteiger partial charge < -0.3 is 10.2 Å². The molecule has 0 radical (unpaired) electrons. The summed E-state index contributed by atoms with van der Waals surface area (Å²) in [6.45, 7) is 4.39. The Bertz CT molecular complexity index is 870. The van der Waals surface area contributed by atoms with Gasteiger partial charge in [-0.25, -0.2) is 4.98 Å². The fourth-order valence-corrected chi connectivity index (χ4v) is 3.50. The second-order valence-electron chi connectivity index (χ2n) is 6.05. The van der Waals surface area contributed by atoms with Crippen molar-refractivity contribution in [3.63, 3.8) is 0 Å². The molecule has 0 aliphatic carbocycles. The van der Waals surface area contributed by atoms with E-state index >= 15 is 0 Å². The monoisotopic (exact) mass is 339 g/mol. The van der Waals surface area contributed by atoms with Crippen molar-refractivity contribution in [3.8, 4) is 0 Å². The number of hydrogen-bond donors (Lipinski definition) is 1. The van der Waals surface area contributed by atoms with Crippen molar-refractivity contribution in [2.24, 2.45) is 5.92 Å². The molecule has 1 aromatic carbocycles. The van der Waals surface area contributed by atoms with E-state index in [4.69, 9.17) is 0 Å². The average Bonchev–Trinajstić information content (AvgIpc) is 3.02. The predicted octanol–water partition coefficient (Wildman–Crippen LogP) is 2.26. The van der Waals surface area contributed by atoms with Crippen molar-refractivity contribution in [1.29, 1.82) is 0 Å². The molecule has 0 spiro atoms. The van der Waals surface area contributed by atoms with E-state index in [2.05, 4.69) is 25.4 Å². The molecule has 122 valence electrons. The summed E-state index contributed by atoms with van der Waals surface area (Å²) >= 11 is 1.55. The Hall–Kier alpha value is -2.54. The number of aryl methyl sites for hydroxylation is 1. The zero-order valence-electron chi connectivity index (χ0n) is 13.3. The van der Waals surface area contributed by atoms with Crippen molar-refractivity contribution in [2.75, 3.05) is 24.5 Å². The Morgan fingerprint density at radius 2 is 2.17 bits per heavy atom. The molecule has 1 amide bonds. The number of nitrogens with zero attached hydrogens (tertiary/aromatic N) is 4. The first-order chi connectivity index (χ1) is 11.7. The Balaban J connectivity index is 1.30. The molecule has 7 heteroatoms. The van der Waals surface area contributed by atoms with Gasteiger partial charge in [0.1, 0.15) is 0 Å². The van der Waals surface area contributed by atoms with Crippen LogP contribution in [0, 0.1) is 12.8 Å². The van der Waals surface area contributed by atoms with Crippen molar-refractivity contribution in [3.05, 3.63) is 47.1 Å². The Kier molecular flexibility index (Phi) is 3.86. The molecule has 1 aliphatic rings. The van der Waals surface area contributed by atoms with Crippen LogP contribution in [-0.4, -0.2) is 40.7 Å². The van der Waals surface area contributed by atoms with E-state index < -0.39 is 0 Å². The molecule has 0 saturated carbocycles. The van der Waals surface area contributed by atoms with Gasteiger partial charge in [-0.15, -0.1) is 16.4 Å². The van der Waals surface area contributed by atoms with Gasteiger partial charge in [-0.05, 0) is 37.3 Å². The van der Waals surface area contributed by atoms with Crippen LogP contribution in [0.4, 0.5) is 5.82 Å². The summed E-state index contributed by atoms with van der Waals surface area (Å²) in [6.07, 6.45) is 0. The molecule has 1 saturated heterocycles. The molecule has 2 aromatic heterocycles. The van der Waals surface area contributed by atoms with Gasteiger partial charge in [0.25, 0.3) is 5.91 Å². The van der Waals surface area contributed by atoms with Gasteiger partial charge in [-0.2, -0.15) is 5.10 Å². The van der Waals surface area contributed by atoms with Crippen molar-refractivity contribution < 1.29 is 4.79 Å². The molecule has 6 nitrogen and oxygen atoms in total. The van der Waals surface area contributed by atoms with Gasteiger partial charge in [-0.1, -0.05) is 0 Å². The molecule has 0 unspecified atom stereocenters. The first-order valence-corrected chi connectivity index (χ1v) is 8.74. The van der Waals surface area contributed by atoms with Crippen LogP contribution in [0.3, 0.4) is 0 Å². The third-order valence-electron chi connectivity index (χ3n) is 4.21. The summed E-state index contributed by atoms with van der Waals surface area (Å²) in [4.78, 5) is 18.7. The summed E-state index contributed by atoms with van der Waals surface area (Å²) in [5.41, 5.74) is 4.34. The lowest BCUT2D eigenvalue weighted by Crippen LogP contribution is -2.51. The third kappa shape index (κ3) is 2.94. The van der Waals surface area contributed by atoms with Crippen molar-refractivity contribution in [2.45, 2.75) is 6.92 Å². The lowest BCUT2D eigenvalue weighted by atomic mass is 10.00. The normalized spacial score (nSPS) is 14.6. The molecule has 3 heterocycles. The standard InChI is InChI=1S/C17H17N5OS/c1-11-2-5-16(21-20-11)22-8-12(9-22)7-18-17(23)13-3-4-14-15(6-13)24-10-19-14/h2-6,10,12H,7-9H2,1H3,(H,18,23). The number of carbonyl (C=O) groups is 1. The Morgan fingerprint density at radius 1 is 1.29 bits per heavy atom. The highest BCUT2D eigenvalue weighted by Gasteiger charge is 2.28. The quantitative estimate of drug-likeness (QED) is 0.789. The number of nitrogens with one attached hydrogen (secondary N) is 1. The average molecular weight is 339 g/mol. The number of rotatable bonds is 4. The first-order valence-electron chi connectivity index (χ1n) is 7.86. The van der Waals surface area contributed by atoms with E-state index in [1.807, 2.05) is 37.3 Å². The van der Waals surface area contributed by atoms with Crippen LogP contribution in [0.1, 0.15) is 16.1 Å². The van der Waals surface area contributed by atoms with Gasteiger partial charge >= 0.3 is 0 Å². The van der Waals surface area contributed by atoms with Crippen molar-refractivity contribution >= 4 is 33.3 Å². The number of carbonyl (C=O) groups excluding carboxylic acids is 1. The minimum Gasteiger partial charge on any atom is -0.354 e. The highest BCUT2D eigenvalue weighted by molar-refractivity contribution is 7.16. The minimum atomic E-state index is -0.0288. The molecule has 24 heavy (non-hydrogen) atoms. The molecular formula is C17H17N5OS. The maximum Gasteiger partial charge on any atom is 0.251 e. The number of thiazole rings is 1. The van der Waals surface area contributed by atoms with E-state index in [0.29, 0.717) is 18.0 Å². The summed E-state index contributed by atoms with van der Waals surface area (Å²) in [5, 5.41) is 11.3. The van der Waals surface area contributed by atoms with Crippen LogP contribution in [0.25, 0.3) is 10.2 Å². The molecule has 3 aromatic rings. The third-order valence-corrected chi connectivity index (χ3v) is 5.00. The summed E-state index contributed by atoms with van der Waals surface area (Å²) in [7, 11) is 0. The van der Waals surface area contributed by atoms with Gasteiger partial charge in [0, 0.05) is 31.1 Å². The van der Waals surface area contributed by atoms with E-state index in [1.165, 1.54) is 0 Å². The summed E-state index contributed by atoms with van der Waals surface area (Å²) in [5.74, 6) is 1.32. The lowest BCUT2D eigenvalue weighted by Gasteiger charge is -2.39. The van der Waals surface area contributed by atoms with Crippen LogP contribution in [0.15, 0.2) is 35.8 Å². The molecule has 1 fully saturated rings. The second-order valence-corrected chi connectivity index (χ2v) is 6.94. The number of amides is 1. The predicted molar refractivity (Wildman–Crippen MR) is 94.4 cm³/mol. The Morgan fingerprint density at radius 3 is 2.96 bits per heavy atom. The van der Waals surface area contributed by atoms with Crippen LogP contribution in [-0.2, 0) is 0 Å². The van der Waals surface area contributed by atoms with Crippen molar-refractivity contribution in [1.82, 2.24) is 20.5 Å². The summed E-state index contributed by atoms with van der Waals surface area (Å²) in [6, 6.07) is 9.57. The number of anilines is 1. The van der Waals surface area contributed by atoms with Crippen LogP contribution in [0.5, 0.6) is 0 Å². The van der Waals surface area contributed by atoms with Gasteiger partial charge in [0.05, 0.1) is 21.4 Å². The number of aromatic nitrogens is 3. The molecule has 1 N–H and O–H groups in total. The zero-order valence-corrected chi connectivity index (χ0v) is 14.1. The second kappa shape index (κ2) is 6.16. The van der Waals surface area contributed by atoms with Gasteiger partial charge in [-0.3, -0.25) is 4.79 Å². The number of fused-ring (bicyclic) bond motifs is 1. The van der Waals surface area contributed by atoms with E-state index in [1.54, 1.807) is 16.8 Å². The van der Waals surface area contributed by atoms with Gasteiger partial charge in [0.15, 0.2) is 5.82 Å². The fraction of sp³-hybridized carbons (Fsp3) is 0.294. The maximum absolute atomic E-state index is 12.3. The number of hydrogen-bond acceptors (Lipinski definition) is 6. The van der Waals surface area contributed by atoms with E-state index in [9.17, 15) is 4.79 Å². The number of benzene rings is 1. The van der Waals surface area contributed by atoms with Crippen LogP contribution < -0.4 is 10.2 Å². The highest BCUT2D eigenvalue weighted by Crippen LogP contribution is 2.22. The zero-order chi connectivity index (χ0) is 16.5. The molecular weight excluding hydrogens is 322 g/mol. The first kappa shape index (κ1) is 15.0. The lowest BCUT2D eigenvalue weighted by molar-refractivity contribution is 0.0944. The van der Waals surface area contributed by atoms with Gasteiger partial charge in [0.2, 0.25) is 0 Å². The SMILES string of the molecule is Cc1ccc(N2CC(CNC(=O)c3ccc4ncsc4c3)C2)nn1. The Labute approximate surface area is 143 Å². The molecule has 1 aliphatic heterocycles. The molecule has 0 bridgehead atoms. The molecule has 0 atom stereocenters. The van der Waals surface area contributed by atoms with Crippen LogP contribution >= 0.6 is 11.3 Å². The maximum atomic E-state index is 12.3. The topological polar surface area (TPSA) is 71.0 Å². The largest absolute Gasteiger partial charge is 0.354 e. The van der Waals surface area contributed by atoms with E-state index in [-0.39, 0.29) is 5.91 Å². The fourth-order valence-electron chi connectivity index (χ4n) is 2.78.